The molecule has 3 rings (SSSR count). The third-order valence-electron chi connectivity index (χ3n) is 5.24. The van der Waals surface area contributed by atoms with Crippen LogP contribution in [-0.2, 0) is 4.79 Å². The molecule has 1 amide bonds. The highest BCUT2D eigenvalue weighted by Gasteiger charge is 2.31. The van der Waals surface area contributed by atoms with Crippen LogP contribution in [0.4, 0.5) is 0 Å². The molecular formula is C19H30N4O. The molecule has 0 saturated carbocycles. The Balaban J connectivity index is 1.72. The van der Waals surface area contributed by atoms with E-state index in [1.165, 1.54) is 0 Å². The third kappa shape index (κ3) is 4.35. The van der Waals surface area contributed by atoms with Crippen molar-refractivity contribution in [2.75, 3.05) is 39.8 Å². The van der Waals surface area contributed by atoms with E-state index in [0.717, 1.165) is 51.1 Å². The Kier molecular flexibility index (Phi) is 5.87. The van der Waals surface area contributed by atoms with Gasteiger partial charge in [0, 0.05) is 38.3 Å². The molecule has 2 N–H and O–H groups in total. The molecule has 0 aliphatic carbocycles. The molecule has 2 aliphatic rings. The summed E-state index contributed by atoms with van der Waals surface area (Å²) < 4.78 is 0. The van der Waals surface area contributed by atoms with Crippen molar-refractivity contribution in [3.8, 4) is 0 Å². The first-order chi connectivity index (χ1) is 11.6. The lowest BCUT2D eigenvalue weighted by Crippen LogP contribution is -2.53. The van der Waals surface area contributed by atoms with E-state index in [1.807, 2.05) is 18.2 Å². The summed E-state index contributed by atoms with van der Waals surface area (Å²) >= 11 is 0. The minimum atomic E-state index is -0.176. The average Bonchev–Trinajstić information content (AvgIpc) is 2.58. The summed E-state index contributed by atoms with van der Waals surface area (Å²) in [6, 6.07) is 10.8. The number of carbonyl (C=O) groups excluding carboxylic acids is 1. The molecule has 0 spiro atoms. The molecule has 5 heteroatoms. The second kappa shape index (κ2) is 8.10. The van der Waals surface area contributed by atoms with Crippen LogP contribution in [0.1, 0.15) is 31.4 Å². The number of hydrogen-bond donors (Lipinski definition) is 2. The first-order valence-electron chi connectivity index (χ1n) is 9.15. The van der Waals surface area contributed by atoms with Gasteiger partial charge in [0.15, 0.2) is 0 Å². The van der Waals surface area contributed by atoms with Crippen LogP contribution in [0.15, 0.2) is 30.3 Å². The number of nitrogens with one attached hydrogen (secondary N) is 2. The number of amides is 1. The van der Waals surface area contributed by atoms with Crippen molar-refractivity contribution >= 4 is 5.91 Å². The fourth-order valence-corrected chi connectivity index (χ4v) is 3.79. The van der Waals surface area contributed by atoms with Gasteiger partial charge in [0.1, 0.15) is 6.04 Å². The highest BCUT2D eigenvalue weighted by atomic mass is 16.2. The molecule has 0 bridgehead atoms. The number of nitrogens with zero attached hydrogens (tertiary/aromatic N) is 2. The zero-order chi connectivity index (χ0) is 16.9. The maximum absolute atomic E-state index is 13.1. The highest BCUT2D eigenvalue weighted by molar-refractivity contribution is 5.83. The summed E-state index contributed by atoms with van der Waals surface area (Å²) in [5.74, 6) is 0.157. The van der Waals surface area contributed by atoms with Gasteiger partial charge in [0.2, 0.25) is 5.91 Å². The van der Waals surface area contributed by atoms with E-state index in [9.17, 15) is 4.79 Å². The number of likely N-dealkylation sites (N-methyl/N-ethyl adjacent to an activating group) is 1. The van der Waals surface area contributed by atoms with Crippen molar-refractivity contribution in [2.45, 2.75) is 37.9 Å². The SMILES string of the molecule is CC1CC(NC(=O)C(c2ccccc2)N2CCN(C)CC2)CCN1. The lowest BCUT2D eigenvalue weighted by molar-refractivity contribution is -0.128. The molecule has 3 atom stereocenters. The van der Waals surface area contributed by atoms with Gasteiger partial charge in [0.25, 0.3) is 0 Å². The van der Waals surface area contributed by atoms with E-state index >= 15 is 0 Å². The van der Waals surface area contributed by atoms with E-state index in [0.29, 0.717) is 6.04 Å². The monoisotopic (exact) mass is 330 g/mol. The van der Waals surface area contributed by atoms with E-state index in [2.05, 4.69) is 46.5 Å². The van der Waals surface area contributed by atoms with Crippen molar-refractivity contribution in [1.82, 2.24) is 20.4 Å². The van der Waals surface area contributed by atoms with Gasteiger partial charge in [-0.2, -0.15) is 0 Å². The van der Waals surface area contributed by atoms with Crippen LogP contribution in [0.3, 0.4) is 0 Å². The molecule has 2 heterocycles. The van der Waals surface area contributed by atoms with Gasteiger partial charge < -0.3 is 15.5 Å². The molecule has 1 aromatic carbocycles. The Hall–Kier alpha value is -1.43. The van der Waals surface area contributed by atoms with E-state index < -0.39 is 0 Å². The largest absolute Gasteiger partial charge is 0.352 e. The molecule has 1 aromatic rings. The highest BCUT2D eigenvalue weighted by Crippen LogP contribution is 2.23. The van der Waals surface area contributed by atoms with Gasteiger partial charge in [-0.25, -0.2) is 0 Å². The number of benzene rings is 1. The number of rotatable bonds is 4. The van der Waals surface area contributed by atoms with E-state index in [4.69, 9.17) is 0 Å². The topological polar surface area (TPSA) is 47.6 Å². The van der Waals surface area contributed by atoms with Crippen molar-refractivity contribution in [2.24, 2.45) is 0 Å². The van der Waals surface area contributed by atoms with Crippen LogP contribution in [-0.4, -0.2) is 67.6 Å². The van der Waals surface area contributed by atoms with Crippen LogP contribution in [0.25, 0.3) is 0 Å². The van der Waals surface area contributed by atoms with Gasteiger partial charge in [-0.3, -0.25) is 9.69 Å². The average molecular weight is 330 g/mol. The Labute approximate surface area is 145 Å². The minimum absolute atomic E-state index is 0.157. The molecule has 132 valence electrons. The minimum Gasteiger partial charge on any atom is -0.352 e. The molecule has 2 saturated heterocycles. The fourth-order valence-electron chi connectivity index (χ4n) is 3.79. The maximum atomic E-state index is 13.1. The van der Waals surface area contributed by atoms with Crippen LogP contribution in [0, 0.1) is 0 Å². The Morgan fingerprint density at radius 2 is 1.92 bits per heavy atom. The smallest absolute Gasteiger partial charge is 0.242 e. The normalized spacial score (nSPS) is 27.6. The standard InChI is InChI=1S/C19H30N4O/c1-15-14-17(8-9-20-15)21-19(24)18(16-6-4-3-5-7-16)23-12-10-22(2)11-13-23/h3-7,15,17-18,20H,8-14H2,1-2H3,(H,21,24). The zero-order valence-corrected chi connectivity index (χ0v) is 14.9. The summed E-state index contributed by atoms with van der Waals surface area (Å²) in [6.07, 6.45) is 2.02. The molecule has 2 aliphatic heterocycles. The molecular weight excluding hydrogens is 300 g/mol. The van der Waals surface area contributed by atoms with E-state index in [-0.39, 0.29) is 18.0 Å². The Morgan fingerprint density at radius 1 is 1.21 bits per heavy atom. The quantitative estimate of drug-likeness (QED) is 0.872. The summed E-state index contributed by atoms with van der Waals surface area (Å²) in [4.78, 5) is 17.8. The summed E-state index contributed by atoms with van der Waals surface area (Å²) in [7, 11) is 2.14. The van der Waals surface area contributed by atoms with Crippen molar-refractivity contribution in [1.29, 1.82) is 0 Å². The zero-order valence-electron chi connectivity index (χ0n) is 14.9. The summed E-state index contributed by atoms with van der Waals surface area (Å²) in [5.41, 5.74) is 1.10. The first-order valence-corrected chi connectivity index (χ1v) is 9.15. The van der Waals surface area contributed by atoms with Gasteiger partial charge in [0.05, 0.1) is 0 Å². The van der Waals surface area contributed by atoms with Crippen molar-refractivity contribution in [3.05, 3.63) is 35.9 Å². The van der Waals surface area contributed by atoms with Crippen LogP contribution in [0.5, 0.6) is 0 Å². The summed E-state index contributed by atoms with van der Waals surface area (Å²) in [5, 5.41) is 6.77. The molecule has 24 heavy (non-hydrogen) atoms. The molecule has 0 aromatic heterocycles. The number of hydrogen-bond acceptors (Lipinski definition) is 4. The van der Waals surface area contributed by atoms with Crippen LogP contribution < -0.4 is 10.6 Å². The fraction of sp³-hybridized carbons (Fsp3) is 0.632. The predicted molar refractivity (Wildman–Crippen MR) is 96.9 cm³/mol. The molecule has 5 nitrogen and oxygen atoms in total. The van der Waals surface area contributed by atoms with E-state index in [1.54, 1.807) is 0 Å². The van der Waals surface area contributed by atoms with Crippen LogP contribution >= 0.6 is 0 Å². The maximum Gasteiger partial charge on any atom is 0.242 e. The first kappa shape index (κ1) is 17.4. The van der Waals surface area contributed by atoms with Gasteiger partial charge in [-0.1, -0.05) is 30.3 Å². The number of carbonyl (C=O) groups is 1. The van der Waals surface area contributed by atoms with Gasteiger partial charge in [-0.15, -0.1) is 0 Å². The third-order valence-corrected chi connectivity index (χ3v) is 5.24. The van der Waals surface area contributed by atoms with Gasteiger partial charge >= 0.3 is 0 Å². The van der Waals surface area contributed by atoms with Crippen molar-refractivity contribution in [3.63, 3.8) is 0 Å². The van der Waals surface area contributed by atoms with Gasteiger partial charge in [-0.05, 0) is 38.9 Å². The predicted octanol–water partition coefficient (Wildman–Crippen LogP) is 1.23. The molecule has 2 fully saturated rings. The molecule has 3 unspecified atom stereocenters. The lowest BCUT2D eigenvalue weighted by Gasteiger charge is -2.38. The summed E-state index contributed by atoms with van der Waals surface area (Å²) in [6.45, 7) is 7.07. The Morgan fingerprint density at radius 3 is 2.58 bits per heavy atom. The van der Waals surface area contributed by atoms with Crippen molar-refractivity contribution < 1.29 is 4.79 Å². The Bertz CT molecular complexity index is 527. The second-order valence-corrected chi connectivity index (χ2v) is 7.24. The lowest BCUT2D eigenvalue weighted by atomic mass is 9.98. The van der Waals surface area contributed by atoms with Crippen LogP contribution in [0.2, 0.25) is 0 Å². The second-order valence-electron chi connectivity index (χ2n) is 7.24. The molecule has 0 radical (unpaired) electrons. The number of piperidine rings is 1. The number of piperazine rings is 1.